The Hall–Kier alpha value is -2.28. The van der Waals surface area contributed by atoms with Crippen LogP contribution in [0.1, 0.15) is 18.2 Å². The fraction of sp³-hybridized carbons (Fsp3) is 0.154. The Labute approximate surface area is 98.6 Å². The SMILES string of the molecule is CCc1ccc(-c2ncnc(C#N)c2F)cc1. The van der Waals surface area contributed by atoms with Crippen molar-refractivity contribution in [2.45, 2.75) is 13.3 Å². The molecule has 0 bridgehead atoms. The van der Waals surface area contributed by atoms with Crippen molar-refractivity contribution in [1.82, 2.24) is 9.97 Å². The summed E-state index contributed by atoms with van der Waals surface area (Å²) in [6, 6.07) is 9.14. The molecule has 17 heavy (non-hydrogen) atoms. The molecule has 1 heterocycles. The maximum absolute atomic E-state index is 13.8. The lowest BCUT2D eigenvalue weighted by molar-refractivity contribution is 0.613. The van der Waals surface area contributed by atoms with Crippen LogP contribution < -0.4 is 0 Å². The van der Waals surface area contributed by atoms with Crippen LogP contribution in [-0.4, -0.2) is 9.97 Å². The van der Waals surface area contributed by atoms with Crippen molar-refractivity contribution >= 4 is 0 Å². The third-order valence-corrected chi connectivity index (χ3v) is 2.53. The van der Waals surface area contributed by atoms with Gasteiger partial charge < -0.3 is 0 Å². The molecule has 0 N–H and O–H groups in total. The first-order chi connectivity index (χ1) is 8.26. The second-order valence-corrected chi connectivity index (χ2v) is 3.55. The zero-order valence-corrected chi connectivity index (χ0v) is 9.31. The molecular formula is C13H10FN3. The van der Waals surface area contributed by atoms with E-state index in [0.29, 0.717) is 5.56 Å². The molecule has 4 heteroatoms. The molecule has 0 fully saturated rings. The number of nitrogens with zero attached hydrogens (tertiary/aromatic N) is 3. The van der Waals surface area contributed by atoms with Crippen LogP contribution in [0.3, 0.4) is 0 Å². The summed E-state index contributed by atoms with van der Waals surface area (Å²) in [6.45, 7) is 2.05. The fourth-order valence-electron chi connectivity index (χ4n) is 1.55. The van der Waals surface area contributed by atoms with Crippen LogP contribution in [0, 0.1) is 17.1 Å². The van der Waals surface area contributed by atoms with Crippen molar-refractivity contribution in [3.63, 3.8) is 0 Å². The minimum atomic E-state index is -0.667. The molecule has 84 valence electrons. The molecule has 1 aromatic carbocycles. The minimum absolute atomic E-state index is 0.166. The average Bonchev–Trinajstić information content (AvgIpc) is 2.39. The number of rotatable bonds is 2. The third kappa shape index (κ3) is 2.13. The highest BCUT2D eigenvalue weighted by Gasteiger charge is 2.12. The van der Waals surface area contributed by atoms with Gasteiger partial charge in [-0.1, -0.05) is 31.2 Å². The lowest BCUT2D eigenvalue weighted by atomic mass is 10.1. The molecule has 0 amide bonds. The van der Waals surface area contributed by atoms with Crippen LogP contribution in [0.5, 0.6) is 0 Å². The van der Waals surface area contributed by atoms with Crippen LogP contribution in [0.4, 0.5) is 4.39 Å². The fourth-order valence-corrected chi connectivity index (χ4v) is 1.55. The smallest absolute Gasteiger partial charge is 0.185 e. The van der Waals surface area contributed by atoms with Gasteiger partial charge in [-0.2, -0.15) is 5.26 Å². The second kappa shape index (κ2) is 4.71. The van der Waals surface area contributed by atoms with Gasteiger partial charge in [-0.25, -0.2) is 14.4 Å². The van der Waals surface area contributed by atoms with Gasteiger partial charge in [-0.15, -0.1) is 0 Å². The van der Waals surface area contributed by atoms with Crippen LogP contribution in [-0.2, 0) is 6.42 Å². The van der Waals surface area contributed by atoms with E-state index in [4.69, 9.17) is 5.26 Å². The van der Waals surface area contributed by atoms with E-state index in [1.54, 1.807) is 18.2 Å². The molecule has 0 aliphatic rings. The molecule has 1 aromatic heterocycles. The van der Waals surface area contributed by atoms with Crippen molar-refractivity contribution in [1.29, 1.82) is 5.26 Å². The van der Waals surface area contributed by atoms with Crippen molar-refractivity contribution in [2.24, 2.45) is 0 Å². The van der Waals surface area contributed by atoms with Gasteiger partial charge in [-0.05, 0) is 12.0 Å². The molecule has 2 aromatic rings. The summed E-state index contributed by atoms with van der Waals surface area (Å²) in [7, 11) is 0. The number of benzene rings is 1. The molecule has 0 atom stereocenters. The van der Waals surface area contributed by atoms with Gasteiger partial charge in [-0.3, -0.25) is 0 Å². The van der Waals surface area contributed by atoms with Gasteiger partial charge in [0.2, 0.25) is 0 Å². The molecule has 0 radical (unpaired) electrons. The summed E-state index contributed by atoms with van der Waals surface area (Å²) in [5.41, 5.74) is 1.76. The van der Waals surface area contributed by atoms with Gasteiger partial charge in [0.05, 0.1) is 0 Å². The molecule has 0 saturated carbocycles. The van der Waals surface area contributed by atoms with Crippen LogP contribution in [0.15, 0.2) is 30.6 Å². The Morgan fingerprint density at radius 1 is 1.24 bits per heavy atom. The van der Waals surface area contributed by atoms with Crippen LogP contribution in [0.2, 0.25) is 0 Å². The van der Waals surface area contributed by atoms with Gasteiger partial charge in [0, 0.05) is 5.56 Å². The molecule has 2 rings (SSSR count). The van der Waals surface area contributed by atoms with Crippen molar-refractivity contribution < 1.29 is 4.39 Å². The molecule has 0 spiro atoms. The van der Waals surface area contributed by atoms with E-state index in [0.717, 1.165) is 6.42 Å². The van der Waals surface area contributed by atoms with Crippen molar-refractivity contribution in [2.75, 3.05) is 0 Å². The zero-order chi connectivity index (χ0) is 12.3. The van der Waals surface area contributed by atoms with Gasteiger partial charge in [0.15, 0.2) is 11.5 Å². The predicted molar refractivity (Wildman–Crippen MR) is 61.5 cm³/mol. The Morgan fingerprint density at radius 2 is 1.94 bits per heavy atom. The average molecular weight is 227 g/mol. The van der Waals surface area contributed by atoms with E-state index in [-0.39, 0.29) is 11.4 Å². The first-order valence-electron chi connectivity index (χ1n) is 5.26. The number of hydrogen-bond donors (Lipinski definition) is 0. The maximum Gasteiger partial charge on any atom is 0.185 e. The summed E-state index contributed by atoms with van der Waals surface area (Å²) < 4.78 is 13.8. The lowest BCUT2D eigenvalue weighted by Gasteiger charge is -2.03. The largest absolute Gasteiger partial charge is 0.233 e. The second-order valence-electron chi connectivity index (χ2n) is 3.55. The summed E-state index contributed by atoms with van der Waals surface area (Å²) in [5, 5.41) is 8.69. The van der Waals surface area contributed by atoms with Gasteiger partial charge in [0.25, 0.3) is 0 Å². The number of halogens is 1. The highest BCUT2D eigenvalue weighted by molar-refractivity contribution is 5.61. The van der Waals surface area contributed by atoms with Crippen molar-refractivity contribution in [3.8, 4) is 17.3 Å². The molecule has 3 nitrogen and oxygen atoms in total. The van der Waals surface area contributed by atoms with E-state index < -0.39 is 5.82 Å². The Balaban J connectivity index is 2.50. The van der Waals surface area contributed by atoms with E-state index in [9.17, 15) is 4.39 Å². The van der Waals surface area contributed by atoms with E-state index in [1.807, 2.05) is 19.1 Å². The third-order valence-electron chi connectivity index (χ3n) is 2.53. The minimum Gasteiger partial charge on any atom is -0.233 e. The highest BCUT2D eigenvalue weighted by atomic mass is 19.1. The molecule has 0 saturated heterocycles. The number of hydrogen-bond acceptors (Lipinski definition) is 3. The molecule has 0 unspecified atom stereocenters. The van der Waals surface area contributed by atoms with Gasteiger partial charge in [0.1, 0.15) is 18.1 Å². The zero-order valence-electron chi connectivity index (χ0n) is 9.31. The monoisotopic (exact) mass is 227 g/mol. The number of nitriles is 1. The number of aromatic nitrogens is 2. The van der Waals surface area contributed by atoms with Gasteiger partial charge >= 0.3 is 0 Å². The highest BCUT2D eigenvalue weighted by Crippen LogP contribution is 2.21. The van der Waals surface area contributed by atoms with E-state index in [1.165, 1.54) is 11.9 Å². The Bertz CT molecular complexity index is 570. The Kier molecular flexibility index (Phi) is 3.10. The maximum atomic E-state index is 13.8. The standard InChI is InChI=1S/C13H10FN3/c1-2-9-3-5-10(6-4-9)13-12(14)11(7-15)16-8-17-13/h3-6,8H,2H2,1H3. The van der Waals surface area contributed by atoms with Crippen molar-refractivity contribution in [3.05, 3.63) is 47.7 Å². The summed E-state index contributed by atoms with van der Waals surface area (Å²) in [5.74, 6) is -0.667. The summed E-state index contributed by atoms with van der Waals surface area (Å²) in [6.07, 6.45) is 2.13. The number of aryl methyl sites for hydroxylation is 1. The van der Waals surface area contributed by atoms with E-state index in [2.05, 4.69) is 9.97 Å². The Morgan fingerprint density at radius 3 is 2.53 bits per heavy atom. The first-order valence-corrected chi connectivity index (χ1v) is 5.26. The molecule has 0 aliphatic carbocycles. The summed E-state index contributed by atoms with van der Waals surface area (Å²) >= 11 is 0. The van der Waals surface area contributed by atoms with E-state index >= 15 is 0 Å². The molecular weight excluding hydrogens is 217 g/mol. The predicted octanol–water partition coefficient (Wildman–Crippen LogP) is 2.72. The van der Waals surface area contributed by atoms with Crippen LogP contribution in [0.25, 0.3) is 11.3 Å². The normalized spacial score (nSPS) is 9.94. The van der Waals surface area contributed by atoms with Crippen LogP contribution >= 0.6 is 0 Å². The summed E-state index contributed by atoms with van der Waals surface area (Å²) in [4.78, 5) is 7.44. The first kappa shape index (κ1) is 11.2. The topological polar surface area (TPSA) is 49.6 Å². The molecule has 0 aliphatic heterocycles. The quantitative estimate of drug-likeness (QED) is 0.792. The lowest BCUT2D eigenvalue weighted by Crippen LogP contribution is -1.96.